The third-order valence-corrected chi connectivity index (χ3v) is 1.73. The van der Waals surface area contributed by atoms with Gasteiger partial charge in [-0.15, -0.1) is 0 Å². The van der Waals surface area contributed by atoms with Gasteiger partial charge in [0.05, 0.1) is 0 Å². The molecule has 3 nitrogen and oxygen atoms in total. The number of halogens is 1. The van der Waals surface area contributed by atoms with Crippen molar-refractivity contribution in [3.8, 4) is 0 Å². The van der Waals surface area contributed by atoms with E-state index in [4.69, 9.17) is 10.2 Å². The first-order valence-corrected chi connectivity index (χ1v) is 3.26. The topological polar surface area (TPSA) is 57.5 Å². The minimum atomic E-state index is -1.98. The number of carbonyl (C=O) groups is 1. The number of hydrogen-bond donors (Lipinski definition) is 2. The minimum Gasteiger partial charge on any atom is -0.387 e. The molecule has 0 saturated heterocycles. The Morgan fingerprint density at radius 3 is 2.64 bits per heavy atom. The summed E-state index contributed by atoms with van der Waals surface area (Å²) in [6.45, 7) is 1.47. The molecule has 0 aliphatic heterocycles. The largest absolute Gasteiger partial charge is 0.387 e. The first-order chi connectivity index (χ1) is 5.04. The third kappa shape index (κ3) is 1.32. The summed E-state index contributed by atoms with van der Waals surface area (Å²) in [5, 5.41) is 17.9. The highest BCUT2D eigenvalue weighted by atomic mass is 19.1. The van der Waals surface area contributed by atoms with E-state index in [1.165, 1.54) is 6.92 Å². The Kier molecular flexibility index (Phi) is 2.06. The Morgan fingerprint density at radius 1 is 1.55 bits per heavy atom. The Hall–Kier alpha value is -0.740. The van der Waals surface area contributed by atoms with Crippen LogP contribution in [0.1, 0.15) is 6.92 Å². The molecule has 0 bridgehead atoms. The van der Waals surface area contributed by atoms with Gasteiger partial charge >= 0.3 is 0 Å². The Morgan fingerprint density at radius 2 is 2.09 bits per heavy atom. The van der Waals surface area contributed by atoms with Crippen molar-refractivity contribution in [2.24, 2.45) is 0 Å². The molecule has 62 valence electrons. The van der Waals surface area contributed by atoms with Crippen molar-refractivity contribution in [1.29, 1.82) is 0 Å². The fourth-order valence-corrected chi connectivity index (χ4v) is 0.987. The van der Waals surface area contributed by atoms with Gasteiger partial charge in [-0.05, 0) is 18.6 Å². The van der Waals surface area contributed by atoms with E-state index in [0.717, 1.165) is 6.08 Å². The van der Waals surface area contributed by atoms with Crippen molar-refractivity contribution in [3.63, 3.8) is 0 Å². The fraction of sp³-hybridized carbons (Fsp3) is 0.571. The van der Waals surface area contributed by atoms with Crippen molar-refractivity contribution in [2.45, 2.75) is 25.3 Å². The Bertz CT molecular complexity index is 212. The zero-order valence-corrected chi connectivity index (χ0v) is 5.99. The number of aliphatic hydroxyl groups excluding tert-OH is 2. The van der Waals surface area contributed by atoms with Gasteiger partial charge in [-0.2, -0.15) is 0 Å². The molecule has 0 radical (unpaired) electrons. The average Bonchev–Trinajstić information content (AvgIpc) is 1.97. The zero-order valence-electron chi connectivity index (χ0n) is 5.99. The summed E-state index contributed by atoms with van der Waals surface area (Å²) in [6.07, 6.45) is -3.81. The summed E-state index contributed by atoms with van der Waals surface area (Å²) in [6, 6.07) is 0. The molecule has 0 aromatic carbocycles. The van der Waals surface area contributed by atoms with Gasteiger partial charge in [-0.3, -0.25) is 4.79 Å². The molecule has 4 heteroatoms. The van der Waals surface area contributed by atoms with Gasteiger partial charge in [0.25, 0.3) is 0 Å². The molecule has 0 aromatic rings. The maximum Gasteiger partial charge on any atom is 0.192 e. The molecule has 1 rings (SSSR count). The molecule has 0 amide bonds. The van der Waals surface area contributed by atoms with Crippen molar-refractivity contribution in [1.82, 2.24) is 0 Å². The van der Waals surface area contributed by atoms with Crippen molar-refractivity contribution in [2.75, 3.05) is 0 Å². The number of carbonyl (C=O) groups excluding carboxylic acids is 1. The molecule has 1 aliphatic carbocycles. The summed E-state index contributed by atoms with van der Waals surface area (Å²) < 4.78 is 12.6. The number of aliphatic hydroxyl groups is 2. The second kappa shape index (κ2) is 2.71. The predicted molar refractivity (Wildman–Crippen MR) is 35.7 cm³/mol. The molecule has 3 atom stereocenters. The third-order valence-electron chi connectivity index (χ3n) is 1.73. The van der Waals surface area contributed by atoms with E-state index in [1.54, 1.807) is 0 Å². The van der Waals surface area contributed by atoms with Gasteiger partial charge in [0.2, 0.25) is 0 Å². The lowest BCUT2D eigenvalue weighted by Gasteiger charge is -2.24. The molecular formula is C7H9FO3. The van der Waals surface area contributed by atoms with Crippen LogP contribution in [0, 0.1) is 0 Å². The molecule has 0 saturated carbocycles. The summed E-state index contributed by atoms with van der Waals surface area (Å²) in [5.74, 6) is -0.777. The molecular weight excluding hydrogens is 151 g/mol. The van der Waals surface area contributed by atoms with Crippen LogP contribution in [-0.2, 0) is 4.79 Å². The smallest absolute Gasteiger partial charge is 0.192 e. The van der Waals surface area contributed by atoms with Crippen LogP contribution < -0.4 is 0 Å². The monoisotopic (exact) mass is 160 g/mol. The van der Waals surface area contributed by atoms with E-state index >= 15 is 0 Å². The van der Waals surface area contributed by atoms with Gasteiger partial charge in [0, 0.05) is 0 Å². The normalized spacial score (nSPS) is 38.7. The molecule has 0 fully saturated rings. The summed E-state index contributed by atoms with van der Waals surface area (Å²) >= 11 is 0. The summed E-state index contributed by atoms with van der Waals surface area (Å²) in [7, 11) is 0. The van der Waals surface area contributed by atoms with Gasteiger partial charge in [-0.25, -0.2) is 4.39 Å². The maximum atomic E-state index is 12.6. The van der Waals surface area contributed by atoms with Crippen LogP contribution in [-0.4, -0.2) is 34.4 Å². The molecule has 0 spiro atoms. The molecule has 0 heterocycles. The number of ketones is 1. The Balaban J connectivity index is 2.92. The van der Waals surface area contributed by atoms with Crippen molar-refractivity contribution >= 4 is 5.78 Å². The minimum absolute atomic E-state index is 0.302. The maximum absolute atomic E-state index is 12.6. The molecule has 11 heavy (non-hydrogen) atoms. The highest BCUT2D eigenvalue weighted by Gasteiger charge is 2.35. The highest BCUT2D eigenvalue weighted by Crippen LogP contribution is 2.18. The molecule has 1 aliphatic rings. The second-order valence-electron chi connectivity index (χ2n) is 2.63. The van der Waals surface area contributed by atoms with E-state index in [2.05, 4.69) is 0 Å². The first-order valence-electron chi connectivity index (χ1n) is 3.26. The van der Waals surface area contributed by atoms with Crippen molar-refractivity contribution < 1.29 is 19.4 Å². The van der Waals surface area contributed by atoms with Crippen molar-refractivity contribution in [3.05, 3.63) is 11.6 Å². The number of rotatable bonds is 0. The lowest BCUT2D eigenvalue weighted by atomic mass is 9.93. The number of alkyl halides is 1. The van der Waals surface area contributed by atoms with Crippen LogP contribution >= 0.6 is 0 Å². The van der Waals surface area contributed by atoms with Crippen LogP contribution in [0.4, 0.5) is 4.39 Å². The Labute approximate surface area is 63.1 Å². The number of allylic oxidation sites excluding steroid dienone is 1. The average molecular weight is 160 g/mol. The lowest BCUT2D eigenvalue weighted by molar-refractivity contribution is -0.127. The summed E-state index contributed by atoms with van der Waals surface area (Å²) in [5.41, 5.74) is 0.302. The lowest BCUT2D eigenvalue weighted by Crippen LogP contribution is -2.43. The van der Waals surface area contributed by atoms with E-state index in [1.807, 2.05) is 0 Å². The van der Waals surface area contributed by atoms with Gasteiger partial charge in [0.1, 0.15) is 12.2 Å². The zero-order chi connectivity index (χ0) is 8.59. The van der Waals surface area contributed by atoms with E-state index in [-0.39, 0.29) is 0 Å². The fourth-order valence-electron chi connectivity index (χ4n) is 0.987. The molecule has 2 N–H and O–H groups in total. The first kappa shape index (κ1) is 8.36. The quantitative estimate of drug-likeness (QED) is 0.505. The van der Waals surface area contributed by atoms with E-state index in [9.17, 15) is 9.18 Å². The van der Waals surface area contributed by atoms with Crippen LogP contribution in [0.3, 0.4) is 0 Å². The van der Waals surface area contributed by atoms with Crippen LogP contribution in [0.15, 0.2) is 11.6 Å². The van der Waals surface area contributed by atoms with Crippen LogP contribution in [0.2, 0.25) is 0 Å². The van der Waals surface area contributed by atoms with Crippen LogP contribution in [0.25, 0.3) is 0 Å². The van der Waals surface area contributed by atoms with E-state index in [0.29, 0.717) is 5.57 Å². The van der Waals surface area contributed by atoms with Gasteiger partial charge in [0.15, 0.2) is 12.0 Å². The van der Waals surface area contributed by atoms with Gasteiger partial charge < -0.3 is 10.2 Å². The molecule has 0 unspecified atom stereocenters. The van der Waals surface area contributed by atoms with Crippen LogP contribution in [0.5, 0.6) is 0 Å². The predicted octanol–water partition coefficient (Wildman–Crippen LogP) is -0.425. The number of hydrogen-bond acceptors (Lipinski definition) is 3. The van der Waals surface area contributed by atoms with E-state index < -0.39 is 24.2 Å². The highest BCUT2D eigenvalue weighted by molar-refractivity contribution is 5.95. The summed E-state index contributed by atoms with van der Waals surface area (Å²) in [4.78, 5) is 10.6. The SMILES string of the molecule is CC1=CC(=O)[C@@H](F)[C@@H](O)[C@H]1O. The standard InChI is InChI=1S/C7H9FO3/c1-3-2-4(9)5(8)7(11)6(3)10/h2,5-7,10-11H,1H3/t5-,6+,7-/m1/s1. The molecule has 0 aromatic heterocycles. The van der Waals surface area contributed by atoms with Gasteiger partial charge in [-0.1, -0.05) is 0 Å². The second-order valence-corrected chi connectivity index (χ2v) is 2.63.